The number of halogens is 3. The molecule has 6 nitrogen and oxygen atoms in total. The van der Waals surface area contributed by atoms with Crippen molar-refractivity contribution >= 4 is 17.7 Å². The molecule has 1 saturated heterocycles. The Morgan fingerprint density at radius 3 is 2.36 bits per heavy atom. The lowest BCUT2D eigenvalue weighted by atomic mass is 9.99. The molecule has 1 aliphatic rings. The van der Waals surface area contributed by atoms with Gasteiger partial charge in [-0.3, -0.25) is 0 Å². The van der Waals surface area contributed by atoms with Crippen molar-refractivity contribution in [2.45, 2.75) is 32.0 Å². The van der Waals surface area contributed by atoms with E-state index in [1.165, 1.54) is 4.90 Å². The van der Waals surface area contributed by atoms with E-state index in [-0.39, 0.29) is 17.3 Å². The summed E-state index contributed by atoms with van der Waals surface area (Å²) in [6, 6.07) is 1.56. The third kappa shape index (κ3) is 4.34. The van der Waals surface area contributed by atoms with Crippen LogP contribution in [-0.4, -0.2) is 48.3 Å². The average Bonchev–Trinajstić information content (AvgIpc) is 2.55. The summed E-state index contributed by atoms with van der Waals surface area (Å²) in [6.45, 7) is 2.14. The van der Waals surface area contributed by atoms with Crippen LogP contribution >= 0.6 is 0 Å². The topological polar surface area (TPSA) is 78.9 Å². The molecule has 0 aliphatic carbocycles. The van der Waals surface area contributed by atoms with Crippen LogP contribution in [0.4, 0.5) is 23.7 Å². The fourth-order valence-corrected chi connectivity index (χ4v) is 2.78. The van der Waals surface area contributed by atoms with E-state index in [0.717, 1.165) is 19.2 Å². The summed E-state index contributed by atoms with van der Waals surface area (Å²) in [5.41, 5.74) is -0.531. The van der Waals surface area contributed by atoms with Gasteiger partial charge >= 0.3 is 18.2 Å². The summed E-state index contributed by atoms with van der Waals surface area (Å²) < 4.78 is 43.9. The molecule has 1 aromatic rings. The van der Waals surface area contributed by atoms with Crippen LogP contribution in [0.25, 0.3) is 0 Å². The Kier molecular flexibility index (Phi) is 5.44. The van der Waals surface area contributed by atoms with Gasteiger partial charge in [-0.15, -0.1) is 0 Å². The Morgan fingerprint density at radius 2 is 1.88 bits per heavy atom. The fourth-order valence-electron chi connectivity index (χ4n) is 2.78. The minimum atomic E-state index is -4.60. The molecule has 2 rings (SSSR count). The number of benzene rings is 1. The number of anilines is 1. The van der Waals surface area contributed by atoms with Crippen LogP contribution in [0.5, 0.6) is 0 Å². The molecule has 138 valence electrons. The van der Waals surface area contributed by atoms with E-state index in [2.05, 4.69) is 10.1 Å². The quantitative estimate of drug-likeness (QED) is 0.808. The molecule has 0 aromatic heterocycles. The van der Waals surface area contributed by atoms with Gasteiger partial charge in [-0.05, 0) is 37.5 Å². The van der Waals surface area contributed by atoms with E-state index in [0.29, 0.717) is 31.5 Å². The zero-order chi connectivity index (χ0) is 18.8. The lowest BCUT2D eigenvalue weighted by Gasteiger charge is -2.31. The first kappa shape index (κ1) is 18.9. The van der Waals surface area contributed by atoms with Gasteiger partial charge in [0.2, 0.25) is 0 Å². The minimum absolute atomic E-state index is 0.150. The number of piperidine rings is 1. The van der Waals surface area contributed by atoms with E-state index < -0.39 is 23.8 Å². The van der Waals surface area contributed by atoms with Crippen LogP contribution in [0.15, 0.2) is 12.1 Å². The van der Waals surface area contributed by atoms with Gasteiger partial charge in [0.05, 0.1) is 18.2 Å². The van der Waals surface area contributed by atoms with Crippen LogP contribution in [0.1, 0.15) is 34.3 Å². The predicted molar refractivity (Wildman–Crippen MR) is 83.8 cm³/mol. The fraction of sp³-hybridized carbons (Fsp3) is 0.500. The van der Waals surface area contributed by atoms with Gasteiger partial charge in [0.15, 0.2) is 0 Å². The smallest absolute Gasteiger partial charge is 0.416 e. The number of carbonyl (C=O) groups is 2. The van der Waals surface area contributed by atoms with Gasteiger partial charge in [-0.2, -0.15) is 13.2 Å². The highest BCUT2D eigenvalue weighted by Gasteiger charge is 2.33. The number of likely N-dealkylation sites (tertiary alicyclic amines) is 1. The molecule has 1 aromatic carbocycles. The second-order valence-corrected chi connectivity index (χ2v) is 5.87. The van der Waals surface area contributed by atoms with Crippen LogP contribution < -0.4 is 5.32 Å². The number of hydrogen-bond acceptors (Lipinski definition) is 4. The Hall–Kier alpha value is -2.45. The average molecular weight is 360 g/mol. The number of alkyl halides is 3. The third-order valence-corrected chi connectivity index (χ3v) is 4.27. The molecule has 0 spiro atoms. The zero-order valence-electron chi connectivity index (χ0n) is 13.8. The number of carboxylic acid groups (broad SMARTS) is 1. The SMILES string of the molecule is COC(=O)c1cc(C(F)(F)F)cc(NC2CCN(C(=O)O)CC2)c1C. The Labute approximate surface area is 142 Å². The van der Waals surface area contributed by atoms with E-state index in [9.17, 15) is 22.8 Å². The molecule has 0 atom stereocenters. The van der Waals surface area contributed by atoms with Crippen LogP contribution in [0, 0.1) is 6.92 Å². The van der Waals surface area contributed by atoms with Crippen LogP contribution in [0.2, 0.25) is 0 Å². The predicted octanol–water partition coefficient (Wildman–Crippen LogP) is 3.35. The highest BCUT2D eigenvalue weighted by atomic mass is 19.4. The highest BCUT2D eigenvalue weighted by Crippen LogP contribution is 2.35. The summed E-state index contributed by atoms with van der Waals surface area (Å²) in [4.78, 5) is 24.0. The van der Waals surface area contributed by atoms with Crippen molar-refractivity contribution in [1.82, 2.24) is 4.90 Å². The number of rotatable bonds is 3. The normalized spacial score (nSPS) is 15.8. The first-order chi connectivity index (χ1) is 11.6. The first-order valence-electron chi connectivity index (χ1n) is 7.68. The molecule has 0 unspecified atom stereocenters. The molecular weight excluding hydrogens is 341 g/mol. The Morgan fingerprint density at radius 1 is 1.28 bits per heavy atom. The van der Waals surface area contributed by atoms with E-state index in [4.69, 9.17) is 5.11 Å². The zero-order valence-corrected chi connectivity index (χ0v) is 13.8. The molecule has 1 aliphatic heterocycles. The number of esters is 1. The van der Waals surface area contributed by atoms with Gasteiger partial charge < -0.3 is 20.1 Å². The maximum Gasteiger partial charge on any atom is 0.416 e. The van der Waals surface area contributed by atoms with Crippen molar-refractivity contribution < 1.29 is 32.6 Å². The van der Waals surface area contributed by atoms with E-state index in [1.54, 1.807) is 6.92 Å². The van der Waals surface area contributed by atoms with E-state index >= 15 is 0 Å². The Bertz CT molecular complexity index is 668. The summed E-state index contributed by atoms with van der Waals surface area (Å²) in [7, 11) is 1.11. The molecule has 2 N–H and O–H groups in total. The number of carbonyl (C=O) groups excluding carboxylic acids is 1. The highest BCUT2D eigenvalue weighted by molar-refractivity contribution is 5.93. The minimum Gasteiger partial charge on any atom is -0.465 e. The third-order valence-electron chi connectivity index (χ3n) is 4.27. The Balaban J connectivity index is 2.27. The van der Waals surface area contributed by atoms with Crippen molar-refractivity contribution in [2.24, 2.45) is 0 Å². The van der Waals surface area contributed by atoms with Crippen molar-refractivity contribution in [2.75, 3.05) is 25.5 Å². The van der Waals surface area contributed by atoms with Gasteiger partial charge in [0.1, 0.15) is 0 Å². The van der Waals surface area contributed by atoms with Gasteiger partial charge in [0, 0.05) is 24.8 Å². The molecule has 0 saturated carbocycles. The molecular formula is C16H19F3N2O4. The molecule has 1 amide bonds. The van der Waals surface area contributed by atoms with Gasteiger partial charge in [0.25, 0.3) is 0 Å². The van der Waals surface area contributed by atoms with E-state index in [1.807, 2.05) is 0 Å². The number of nitrogens with zero attached hydrogens (tertiary/aromatic N) is 1. The maximum atomic E-state index is 13.1. The second kappa shape index (κ2) is 7.20. The number of hydrogen-bond donors (Lipinski definition) is 2. The van der Waals surface area contributed by atoms with Gasteiger partial charge in [-0.1, -0.05) is 0 Å². The van der Waals surface area contributed by atoms with Crippen molar-refractivity contribution in [3.8, 4) is 0 Å². The summed E-state index contributed by atoms with van der Waals surface area (Å²) in [5.74, 6) is -0.840. The first-order valence-corrected chi connectivity index (χ1v) is 7.68. The van der Waals surface area contributed by atoms with Crippen LogP contribution in [0.3, 0.4) is 0 Å². The van der Waals surface area contributed by atoms with Crippen molar-refractivity contribution in [3.05, 3.63) is 28.8 Å². The monoisotopic (exact) mass is 360 g/mol. The maximum absolute atomic E-state index is 13.1. The summed E-state index contributed by atoms with van der Waals surface area (Å²) in [5, 5.41) is 12.0. The summed E-state index contributed by atoms with van der Waals surface area (Å²) >= 11 is 0. The second-order valence-electron chi connectivity index (χ2n) is 5.87. The number of nitrogens with one attached hydrogen (secondary N) is 1. The number of ether oxygens (including phenoxy) is 1. The molecule has 0 bridgehead atoms. The molecule has 9 heteroatoms. The lowest BCUT2D eigenvalue weighted by Crippen LogP contribution is -2.41. The molecule has 25 heavy (non-hydrogen) atoms. The number of methoxy groups -OCH3 is 1. The van der Waals surface area contributed by atoms with Crippen molar-refractivity contribution in [1.29, 1.82) is 0 Å². The number of amides is 1. The molecule has 1 fully saturated rings. The molecule has 1 heterocycles. The summed E-state index contributed by atoms with van der Waals surface area (Å²) in [6.07, 6.45) is -4.67. The largest absolute Gasteiger partial charge is 0.465 e. The lowest BCUT2D eigenvalue weighted by molar-refractivity contribution is -0.137. The standard InChI is InChI=1S/C16H19F3N2O4/c1-9-12(14(22)25-2)7-10(16(17,18)19)8-13(9)20-11-3-5-21(6-4-11)15(23)24/h7-8,11,20H,3-6H2,1-2H3,(H,23,24). The van der Waals surface area contributed by atoms with Crippen molar-refractivity contribution in [3.63, 3.8) is 0 Å². The van der Waals surface area contributed by atoms with Crippen LogP contribution in [-0.2, 0) is 10.9 Å². The van der Waals surface area contributed by atoms with Gasteiger partial charge in [-0.25, -0.2) is 9.59 Å². The molecule has 0 radical (unpaired) electrons.